The third-order valence-electron chi connectivity index (χ3n) is 5.57. The van der Waals surface area contributed by atoms with Gasteiger partial charge in [-0.05, 0) is 48.7 Å². The molecule has 9 nitrogen and oxygen atoms in total. The summed E-state index contributed by atoms with van der Waals surface area (Å²) in [6.45, 7) is 3.26. The molecule has 0 radical (unpaired) electrons. The molecule has 0 spiro atoms. The summed E-state index contributed by atoms with van der Waals surface area (Å²) in [5.74, 6) is -0.796. The van der Waals surface area contributed by atoms with Crippen molar-refractivity contribution in [1.29, 1.82) is 0 Å². The molecule has 1 amide bonds. The van der Waals surface area contributed by atoms with Crippen molar-refractivity contribution in [3.63, 3.8) is 0 Å². The number of hydrogen-bond donors (Lipinski definition) is 1. The van der Waals surface area contributed by atoms with Gasteiger partial charge in [0.25, 0.3) is 5.91 Å². The molecule has 1 N–H and O–H groups in total. The summed E-state index contributed by atoms with van der Waals surface area (Å²) in [6, 6.07) is 7.07. The van der Waals surface area contributed by atoms with Crippen molar-refractivity contribution in [2.45, 2.75) is 26.7 Å². The summed E-state index contributed by atoms with van der Waals surface area (Å²) < 4.78 is 69.5. The van der Waals surface area contributed by atoms with Crippen LogP contribution in [0.2, 0.25) is 0 Å². The molecule has 190 valence electrons. The molecule has 1 aromatic carbocycles. The van der Waals surface area contributed by atoms with Gasteiger partial charge >= 0.3 is 0 Å². The van der Waals surface area contributed by atoms with Gasteiger partial charge in [-0.1, -0.05) is 13.8 Å². The Hall–Kier alpha value is -2.99. The fraction of sp³-hybridized carbons (Fsp3) is 0.391. The molecule has 3 aromatic rings. The van der Waals surface area contributed by atoms with E-state index in [2.05, 4.69) is 10.3 Å². The zero-order valence-corrected chi connectivity index (χ0v) is 21.6. The molecular formula is C23H28FN3O6S2. The molecule has 3 rings (SSSR count). The van der Waals surface area contributed by atoms with Gasteiger partial charge in [0.15, 0.2) is 0 Å². The summed E-state index contributed by atoms with van der Waals surface area (Å²) in [4.78, 5) is 17.2. The molecule has 0 aliphatic carbocycles. The Morgan fingerprint density at radius 2 is 1.80 bits per heavy atom. The van der Waals surface area contributed by atoms with E-state index in [4.69, 9.17) is 4.42 Å². The number of sulfone groups is 1. The first-order valence-electron chi connectivity index (χ1n) is 11.0. The number of rotatable bonds is 10. The monoisotopic (exact) mass is 525 g/mol. The van der Waals surface area contributed by atoms with Crippen LogP contribution in [-0.2, 0) is 26.3 Å². The van der Waals surface area contributed by atoms with Crippen LogP contribution >= 0.6 is 0 Å². The maximum absolute atomic E-state index is 13.5. The Morgan fingerprint density at radius 3 is 2.34 bits per heavy atom. The second-order valence-electron chi connectivity index (χ2n) is 7.99. The maximum Gasteiger partial charge on any atom is 0.255 e. The first-order valence-corrected chi connectivity index (χ1v) is 14.7. The molecule has 35 heavy (non-hydrogen) atoms. The first-order chi connectivity index (χ1) is 16.4. The number of sulfonamides is 1. The molecule has 0 unspecified atom stereocenters. The summed E-state index contributed by atoms with van der Waals surface area (Å²) in [7, 11) is -5.62. The second kappa shape index (κ2) is 10.3. The number of furan rings is 1. The van der Waals surface area contributed by atoms with Gasteiger partial charge in [-0.25, -0.2) is 21.2 Å². The molecule has 2 heterocycles. The van der Waals surface area contributed by atoms with Crippen LogP contribution in [0.15, 0.2) is 34.7 Å². The lowest BCUT2D eigenvalue weighted by Crippen LogP contribution is -2.33. The number of aryl methyl sites for hydroxylation is 1. The molecule has 0 atom stereocenters. The molecular weight excluding hydrogens is 497 g/mol. The molecule has 0 bridgehead atoms. The van der Waals surface area contributed by atoms with Gasteiger partial charge in [0.1, 0.15) is 27.2 Å². The predicted octanol–water partition coefficient (Wildman–Crippen LogP) is 3.15. The van der Waals surface area contributed by atoms with Crippen LogP contribution in [0.1, 0.15) is 36.2 Å². The van der Waals surface area contributed by atoms with Gasteiger partial charge < -0.3 is 9.73 Å². The van der Waals surface area contributed by atoms with Crippen LogP contribution in [0.4, 0.5) is 10.2 Å². The number of hydrogen-bond acceptors (Lipinski definition) is 7. The van der Waals surface area contributed by atoms with Gasteiger partial charge in [0, 0.05) is 24.9 Å². The highest BCUT2D eigenvalue weighted by atomic mass is 32.2. The smallest absolute Gasteiger partial charge is 0.255 e. The van der Waals surface area contributed by atoms with E-state index in [0.29, 0.717) is 22.9 Å². The molecule has 0 saturated carbocycles. The van der Waals surface area contributed by atoms with E-state index in [-0.39, 0.29) is 47.3 Å². The number of amides is 1. The van der Waals surface area contributed by atoms with Gasteiger partial charge in [0.05, 0.1) is 23.0 Å². The van der Waals surface area contributed by atoms with Crippen molar-refractivity contribution >= 4 is 42.7 Å². The van der Waals surface area contributed by atoms with Crippen LogP contribution in [-0.4, -0.2) is 59.1 Å². The Balaban J connectivity index is 2.19. The van der Waals surface area contributed by atoms with Gasteiger partial charge in [-0.3, -0.25) is 9.10 Å². The topological polar surface area (TPSA) is 127 Å². The number of nitrogens with one attached hydrogen (secondary N) is 1. The molecule has 0 fully saturated rings. The lowest BCUT2D eigenvalue weighted by Gasteiger charge is -2.23. The standard InChI is InChI=1S/C23H28FN3O6S2/c1-5-15-14-18-19(22(28)25-3)20(16-8-10-17(24)11-9-16)33-23(18)26-21(15)27(34(4,29)30)12-7-13-35(31,32)6-2/h8-11,14H,5-7,12-13H2,1-4H3,(H,25,28). The quantitative estimate of drug-likeness (QED) is 0.431. The first kappa shape index (κ1) is 26.6. The van der Waals surface area contributed by atoms with Crippen molar-refractivity contribution in [2.24, 2.45) is 0 Å². The third kappa shape index (κ3) is 5.81. The number of aromatic nitrogens is 1. The number of carbonyl (C=O) groups is 1. The number of anilines is 1. The predicted molar refractivity (Wildman–Crippen MR) is 133 cm³/mol. The normalized spacial score (nSPS) is 12.1. The minimum absolute atomic E-state index is 0.0306. The van der Waals surface area contributed by atoms with Crippen molar-refractivity contribution in [1.82, 2.24) is 10.3 Å². The fourth-order valence-corrected chi connectivity index (χ4v) is 5.48. The van der Waals surface area contributed by atoms with Crippen LogP contribution in [0.25, 0.3) is 22.4 Å². The van der Waals surface area contributed by atoms with Crippen molar-refractivity contribution in [3.8, 4) is 11.3 Å². The molecule has 0 aliphatic rings. The molecule has 2 aromatic heterocycles. The third-order valence-corrected chi connectivity index (χ3v) is 8.52. The minimum atomic E-state index is -3.81. The molecule has 12 heteroatoms. The van der Waals surface area contributed by atoms with E-state index in [1.165, 1.54) is 38.2 Å². The highest BCUT2D eigenvalue weighted by Gasteiger charge is 2.27. The fourth-order valence-electron chi connectivity index (χ4n) is 3.69. The Morgan fingerprint density at radius 1 is 1.14 bits per heavy atom. The lowest BCUT2D eigenvalue weighted by atomic mass is 10.0. The Bertz CT molecular complexity index is 1450. The van der Waals surface area contributed by atoms with E-state index in [0.717, 1.165) is 10.6 Å². The van der Waals surface area contributed by atoms with E-state index in [1.54, 1.807) is 6.07 Å². The summed E-state index contributed by atoms with van der Waals surface area (Å²) in [5.41, 5.74) is 1.22. The van der Waals surface area contributed by atoms with Gasteiger partial charge in [-0.15, -0.1) is 0 Å². The van der Waals surface area contributed by atoms with E-state index < -0.39 is 31.6 Å². The van der Waals surface area contributed by atoms with Crippen LogP contribution in [0.5, 0.6) is 0 Å². The zero-order valence-electron chi connectivity index (χ0n) is 20.0. The summed E-state index contributed by atoms with van der Waals surface area (Å²) in [6.07, 6.45) is 1.51. The van der Waals surface area contributed by atoms with Gasteiger partial charge in [0.2, 0.25) is 15.7 Å². The minimum Gasteiger partial charge on any atom is -0.437 e. The van der Waals surface area contributed by atoms with Crippen molar-refractivity contribution in [3.05, 3.63) is 47.3 Å². The average molecular weight is 526 g/mol. The maximum atomic E-state index is 13.5. The van der Waals surface area contributed by atoms with Crippen LogP contribution in [0.3, 0.4) is 0 Å². The summed E-state index contributed by atoms with van der Waals surface area (Å²) >= 11 is 0. The number of benzene rings is 1. The van der Waals surface area contributed by atoms with E-state index in [9.17, 15) is 26.0 Å². The van der Waals surface area contributed by atoms with Gasteiger partial charge in [-0.2, -0.15) is 4.98 Å². The van der Waals surface area contributed by atoms with E-state index in [1.807, 2.05) is 6.92 Å². The van der Waals surface area contributed by atoms with E-state index >= 15 is 0 Å². The number of pyridine rings is 1. The van der Waals surface area contributed by atoms with Crippen molar-refractivity contribution in [2.75, 3.05) is 35.7 Å². The largest absolute Gasteiger partial charge is 0.437 e. The van der Waals surface area contributed by atoms with Crippen molar-refractivity contribution < 1.29 is 30.4 Å². The number of nitrogens with zero attached hydrogens (tertiary/aromatic N) is 2. The van der Waals surface area contributed by atoms with Crippen LogP contribution < -0.4 is 9.62 Å². The lowest BCUT2D eigenvalue weighted by molar-refractivity contribution is 0.0964. The highest BCUT2D eigenvalue weighted by Crippen LogP contribution is 2.36. The zero-order chi connectivity index (χ0) is 26.0. The SMILES string of the molecule is CCc1cc2c(C(=O)NC)c(-c3ccc(F)cc3)oc2nc1N(CCCS(=O)(=O)CC)S(C)(=O)=O. The number of halogens is 1. The molecule has 0 saturated heterocycles. The highest BCUT2D eigenvalue weighted by molar-refractivity contribution is 7.92. The molecule has 0 aliphatic heterocycles. The van der Waals surface area contributed by atoms with Crippen LogP contribution in [0, 0.1) is 5.82 Å². The summed E-state index contributed by atoms with van der Waals surface area (Å²) in [5, 5.41) is 2.94. The average Bonchev–Trinajstić information content (AvgIpc) is 3.18. The Labute approximate surface area is 204 Å². The Kier molecular flexibility index (Phi) is 7.85. The number of carbonyl (C=O) groups excluding carboxylic acids is 1. The second-order valence-corrected chi connectivity index (χ2v) is 12.4. The number of fused-ring (bicyclic) bond motifs is 1.